The Hall–Kier alpha value is -1.18. The molecule has 0 unspecified atom stereocenters. The summed E-state index contributed by atoms with van der Waals surface area (Å²) in [4.78, 5) is 1.97. The highest BCUT2D eigenvalue weighted by atomic mass is 32.2. The largest absolute Gasteiger partial charge is 0.381 e. The summed E-state index contributed by atoms with van der Waals surface area (Å²) < 4.78 is 36.4. The summed E-state index contributed by atoms with van der Waals surface area (Å²) in [5, 5.41) is 8.09. The number of hydrogen-bond donors (Lipinski definition) is 2. The Bertz CT molecular complexity index is 611. The maximum atomic E-state index is 14.0. The van der Waals surface area contributed by atoms with Crippen LogP contribution in [0.4, 0.5) is 10.1 Å². The third kappa shape index (κ3) is 3.53. The summed E-state index contributed by atoms with van der Waals surface area (Å²) in [6.07, 6.45) is 4.49. The SMILES string of the molecule is CN(C)C1(CNc2ccc(S(N)(=O)=O)cc2F)CCCC1. The fourth-order valence-corrected chi connectivity index (χ4v) is 3.42. The summed E-state index contributed by atoms with van der Waals surface area (Å²) in [5.74, 6) is -0.603. The summed E-state index contributed by atoms with van der Waals surface area (Å²) in [6.45, 7) is 0.631. The predicted octanol–water partition coefficient (Wildman–Crippen LogP) is 1.76. The molecule has 0 heterocycles. The Morgan fingerprint density at radius 3 is 2.43 bits per heavy atom. The van der Waals surface area contributed by atoms with E-state index >= 15 is 0 Å². The molecule has 1 aromatic rings. The van der Waals surface area contributed by atoms with Gasteiger partial charge in [-0.15, -0.1) is 0 Å². The van der Waals surface area contributed by atoms with E-state index < -0.39 is 15.8 Å². The first-order valence-corrected chi connectivity index (χ1v) is 8.53. The van der Waals surface area contributed by atoms with Gasteiger partial charge >= 0.3 is 0 Å². The van der Waals surface area contributed by atoms with Gasteiger partial charge in [0.2, 0.25) is 10.0 Å². The highest BCUT2D eigenvalue weighted by molar-refractivity contribution is 7.89. The van der Waals surface area contributed by atoms with E-state index in [4.69, 9.17) is 5.14 Å². The molecule has 0 atom stereocenters. The van der Waals surface area contributed by atoms with Gasteiger partial charge in [0.1, 0.15) is 5.82 Å². The monoisotopic (exact) mass is 315 g/mol. The fourth-order valence-electron chi connectivity index (χ4n) is 2.89. The topological polar surface area (TPSA) is 75.4 Å². The van der Waals surface area contributed by atoms with E-state index in [9.17, 15) is 12.8 Å². The molecular formula is C14H22FN3O2S. The molecular weight excluding hydrogens is 293 g/mol. The number of hydrogen-bond acceptors (Lipinski definition) is 4. The van der Waals surface area contributed by atoms with Crippen LogP contribution in [0, 0.1) is 5.82 Å². The molecule has 0 saturated heterocycles. The van der Waals surface area contributed by atoms with E-state index in [2.05, 4.69) is 10.2 Å². The number of sulfonamides is 1. The second-order valence-corrected chi connectivity index (χ2v) is 7.43. The Labute approximate surface area is 125 Å². The number of rotatable bonds is 5. The van der Waals surface area contributed by atoms with E-state index in [1.807, 2.05) is 14.1 Å². The second kappa shape index (κ2) is 5.90. The van der Waals surface area contributed by atoms with Gasteiger partial charge in [-0.3, -0.25) is 0 Å². The van der Waals surface area contributed by atoms with Crippen LogP contribution in [0.15, 0.2) is 23.1 Å². The van der Waals surface area contributed by atoms with Crippen molar-refractivity contribution in [2.75, 3.05) is 26.0 Å². The molecule has 1 aliphatic rings. The molecule has 0 aromatic heterocycles. The van der Waals surface area contributed by atoms with Crippen molar-refractivity contribution in [2.45, 2.75) is 36.1 Å². The lowest BCUT2D eigenvalue weighted by Crippen LogP contribution is -2.47. The smallest absolute Gasteiger partial charge is 0.238 e. The van der Waals surface area contributed by atoms with Gasteiger partial charge in [0.15, 0.2) is 0 Å². The van der Waals surface area contributed by atoms with Crippen molar-refractivity contribution in [3.63, 3.8) is 0 Å². The zero-order valence-electron chi connectivity index (χ0n) is 12.4. The average molecular weight is 315 g/mol. The zero-order valence-corrected chi connectivity index (χ0v) is 13.2. The first-order valence-electron chi connectivity index (χ1n) is 6.98. The molecule has 1 saturated carbocycles. The number of nitrogens with zero attached hydrogens (tertiary/aromatic N) is 1. The average Bonchev–Trinajstić information content (AvgIpc) is 2.86. The summed E-state index contributed by atoms with van der Waals surface area (Å²) in [6, 6.07) is 3.69. The van der Waals surface area contributed by atoms with Crippen molar-refractivity contribution in [1.82, 2.24) is 4.90 Å². The molecule has 1 aliphatic carbocycles. The molecule has 3 N–H and O–H groups in total. The van der Waals surface area contributed by atoms with Crippen molar-refractivity contribution in [3.8, 4) is 0 Å². The summed E-state index contributed by atoms with van der Waals surface area (Å²) >= 11 is 0. The minimum Gasteiger partial charge on any atom is -0.381 e. The minimum absolute atomic E-state index is 0.0328. The maximum Gasteiger partial charge on any atom is 0.238 e. The van der Waals surface area contributed by atoms with Crippen LogP contribution in [0.5, 0.6) is 0 Å². The van der Waals surface area contributed by atoms with Gasteiger partial charge in [0, 0.05) is 12.1 Å². The molecule has 7 heteroatoms. The molecule has 21 heavy (non-hydrogen) atoms. The third-order valence-corrected chi connectivity index (χ3v) is 5.27. The van der Waals surface area contributed by atoms with Gasteiger partial charge in [-0.1, -0.05) is 12.8 Å². The highest BCUT2D eigenvalue weighted by Gasteiger charge is 2.35. The second-order valence-electron chi connectivity index (χ2n) is 5.87. The molecule has 2 rings (SSSR count). The van der Waals surface area contributed by atoms with Crippen LogP contribution >= 0.6 is 0 Å². The molecule has 1 aromatic carbocycles. The number of halogens is 1. The van der Waals surface area contributed by atoms with E-state index in [0.29, 0.717) is 12.2 Å². The molecule has 5 nitrogen and oxygen atoms in total. The van der Waals surface area contributed by atoms with Crippen molar-refractivity contribution < 1.29 is 12.8 Å². The molecule has 1 fully saturated rings. The fraction of sp³-hybridized carbons (Fsp3) is 0.571. The zero-order chi connectivity index (χ0) is 15.7. The number of nitrogens with two attached hydrogens (primary N) is 1. The van der Waals surface area contributed by atoms with Crippen molar-refractivity contribution in [1.29, 1.82) is 0 Å². The van der Waals surface area contributed by atoms with Crippen LogP contribution in [0.1, 0.15) is 25.7 Å². The Morgan fingerprint density at radius 2 is 1.95 bits per heavy atom. The van der Waals surface area contributed by atoms with E-state index in [1.54, 1.807) is 0 Å². The van der Waals surface area contributed by atoms with Crippen LogP contribution in [0.2, 0.25) is 0 Å². The lowest BCUT2D eigenvalue weighted by Gasteiger charge is -2.36. The molecule has 0 amide bonds. The molecule has 118 valence electrons. The number of anilines is 1. The van der Waals surface area contributed by atoms with E-state index in [0.717, 1.165) is 18.9 Å². The van der Waals surface area contributed by atoms with Gasteiger partial charge < -0.3 is 10.2 Å². The molecule has 0 aliphatic heterocycles. The first-order chi connectivity index (χ1) is 9.74. The van der Waals surface area contributed by atoms with Crippen LogP contribution in [0.3, 0.4) is 0 Å². The van der Waals surface area contributed by atoms with Crippen molar-refractivity contribution in [2.24, 2.45) is 5.14 Å². The van der Waals surface area contributed by atoms with Crippen LogP contribution in [0.25, 0.3) is 0 Å². The number of likely N-dealkylation sites (N-methyl/N-ethyl adjacent to an activating group) is 1. The Balaban J connectivity index is 2.13. The lowest BCUT2D eigenvalue weighted by molar-refractivity contribution is 0.172. The molecule has 0 radical (unpaired) electrons. The Morgan fingerprint density at radius 1 is 1.33 bits per heavy atom. The van der Waals surface area contributed by atoms with E-state index in [-0.39, 0.29) is 10.4 Å². The summed E-state index contributed by atoms with van der Waals surface area (Å²) in [7, 11) is 0.196. The highest BCUT2D eigenvalue weighted by Crippen LogP contribution is 2.34. The first kappa shape index (κ1) is 16.2. The van der Waals surface area contributed by atoms with Crippen molar-refractivity contribution >= 4 is 15.7 Å². The third-order valence-electron chi connectivity index (χ3n) is 4.36. The standard InChI is InChI=1S/C14H22FN3O2S/c1-18(2)14(7-3-4-8-14)10-17-13-6-5-11(9-12(13)15)21(16,19)20/h5-6,9,17H,3-4,7-8,10H2,1-2H3,(H2,16,19,20). The number of primary sulfonamides is 1. The number of benzene rings is 1. The van der Waals surface area contributed by atoms with Crippen LogP contribution < -0.4 is 10.5 Å². The van der Waals surface area contributed by atoms with E-state index in [1.165, 1.54) is 25.0 Å². The van der Waals surface area contributed by atoms with Gasteiger partial charge in [-0.05, 0) is 45.1 Å². The predicted molar refractivity (Wildman–Crippen MR) is 81.1 cm³/mol. The number of nitrogens with one attached hydrogen (secondary N) is 1. The molecule has 0 spiro atoms. The quantitative estimate of drug-likeness (QED) is 0.868. The van der Waals surface area contributed by atoms with Crippen LogP contribution in [-0.4, -0.2) is 39.5 Å². The Kier molecular flexibility index (Phi) is 4.55. The lowest BCUT2D eigenvalue weighted by atomic mass is 9.96. The maximum absolute atomic E-state index is 14.0. The van der Waals surface area contributed by atoms with Gasteiger partial charge in [0.25, 0.3) is 0 Å². The summed E-state index contributed by atoms with van der Waals surface area (Å²) in [5.41, 5.74) is 0.334. The van der Waals surface area contributed by atoms with Gasteiger partial charge in [0.05, 0.1) is 10.6 Å². The molecule has 0 bridgehead atoms. The van der Waals surface area contributed by atoms with Crippen LogP contribution in [-0.2, 0) is 10.0 Å². The van der Waals surface area contributed by atoms with Crippen molar-refractivity contribution in [3.05, 3.63) is 24.0 Å². The minimum atomic E-state index is -3.87. The van der Waals surface area contributed by atoms with Gasteiger partial charge in [-0.2, -0.15) is 0 Å². The normalized spacial score (nSPS) is 18.1. The van der Waals surface area contributed by atoms with Gasteiger partial charge in [-0.25, -0.2) is 17.9 Å².